The number of hydrogen-bond acceptors (Lipinski definition) is 0. The van der Waals surface area contributed by atoms with E-state index in [9.17, 15) is 0 Å². The second-order valence-corrected chi connectivity index (χ2v) is 7.58. The van der Waals surface area contributed by atoms with Gasteiger partial charge in [0.05, 0.1) is 0 Å². The van der Waals surface area contributed by atoms with E-state index in [4.69, 9.17) is 0 Å². The molecule has 0 saturated heterocycles. The quantitative estimate of drug-likeness (QED) is 0.584. The maximum atomic E-state index is 4.08. The Labute approximate surface area is 102 Å². The van der Waals surface area contributed by atoms with Crippen molar-refractivity contribution >= 4 is 0 Å². The minimum Gasteiger partial charge on any atom is -0.100 e. The number of rotatable bonds is 3. The molecule has 3 unspecified atom stereocenters. The fourth-order valence-corrected chi connectivity index (χ4v) is 4.20. The summed E-state index contributed by atoms with van der Waals surface area (Å²) in [5, 5.41) is 0. The zero-order valence-corrected chi connectivity index (χ0v) is 11.8. The maximum absolute atomic E-state index is 4.08. The molecule has 0 spiro atoms. The van der Waals surface area contributed by atoms with E-state index in [1.807, 2.05) is 0 Å². The Kier molecular flexibility index (Phi) is 2.76. The Morgan fingerprint density at radius 3 is 2.12 bits per heavy atom. The van der Waals surface area contributed by atoms with Crippen molar-refractivity contribution < 1.29 is 0 Å². The van der Waals surface area contributed by atoms with Crippen molar-refractivity contribution in [3.63, 3.8) is 0 Å². The van der Waals surface area contributed by atoms with E-state index in [2.05, 4.69) is 41.2 Å². The highest BCUT2D eigenvalue weighted by Gasteiger charge is 2.57. The number of hydrogen-bond donors (Lipinski definition) is 0. The third-order valence-corrected chi connectivity index (χ3v) is 5.94. The lowest BCUT2D eigenvalue weighted by atomic mass is 9.42. The summed E-state index contributed by atoms with van der Waals surface area (Å²) in [4.78, 5) is 0. The van der Waals surface area contributed by atoms with Gasteiger partial charge in [0.25, 0.3) is 0 Å². The van der Waals surface area contributed by atoms with Gasteiger partial charge in [-0.2, -0.15) is 0 Å². The van der Waals surface area contributed by atoms with E-state index >= 15 is 0 Å². The molecule has 3 rings (SSSR count). The highest BCUT2D eigenvalue weighted by molar-refractivity contribution is 5.07. The Balaban J connectivity index is 2.04. The largest absolute Gasteiger partial charge is 0.100 e. The van der Waals surface area contributed by atoms with Crippen LogP contribution in [0.15, 0.2) is 12.2 Å². The second kappa shape index (κ2) is 3.62. The predicted octanol–water partition coefficient (Wildman–Crippen LogP) is 5.05. The first-order valence-corrected chi connectivity index (χ1v) is 6.90. The average molecular weight is 220 g/mol. The van der Waals surface area contributed by atoms with Gasteiger partial charge < -0.3 is 0 Å². The topological polar surface area (TPSA) is 0 Å². The summed E-state index contributed by atoms with van der Waals surface area (Å²) in [7, 11) is 0. The van der Waals surface area contributed by atoms with Gasteiger partial charge >= 0.3 is 0 Å². The molecule has 92 valence electrons. The molecule has 0 aromatic carbocycles. The van der Waals surface area contributed by atoms with Crippen LogP contribution >= 0.6 is 0 Å². The van der Waals surface area contributed by atoms with Crippen molar-refractivity contribution in [2.45, 2.75) is 60.3 Å². The molecular formula is C16H28. The van der Waals surface area contributed by atoms with Gasteiger partial charge in [-0.3, -0.25) is 0 Å². The van der Waals surface area contributed by atoms with Crippen LogP contribution in [-0.4, -0.2) is 0 Å². The predicted molar refractivity (Wildman–Crippen MR) is 71.3 cm³/mol. The van der Waals surface area contributed by atoms with E-state index in [1.165, 1.54) is 31.3 Å². The SMILES string of the molecule is C=C(C)CC(C)C1(C)CC2CC(C1)C2(C)C. The minimum atomic E-state index is 0.585. The van der Waals surface area contributed by atoms with Crippen molar-refractivity contribution in [2.24, 2.45) is 28.6 Å². The van der Waals surface area contributed by atoms with Crippen molar-refractivity contribution in [2.75, 3.05) is 0 Å². The van der Waals surface area contributed by atoms with Gasteiger partial charge in [0, 0.05) is 0 Å². The highest BCUT2D eigenvalue weighted by Crippen LogP contribution is 2.65. The van der Waals surface area contributed by atoms with Gasteiger partial charge in [-0.15, -0.1) is 6.58 Å². The van der Waals surface area contributed by atoms with Crippen LogP contribution in [0.3, 0.4) is 0 Å². The molecule has 0 radical (unpaired) electrons. The fourth-order valence-electron chi connectivity index (χ4n) is 4.20. The van der Waals surface area contributed by atoms with Crippen LogP contribution in [0, 0.1) is 28.6 Å². The summed E-state index contributed by atoms with van der Waals surface area (Å²) in [6, 6.07) is 0. The Hall–Kier alpha value is -0.260. The third kappa shape index (κ3) is 1.75. The number of allylic oxidation sites excluding steroid dienone is 1. The van der Waals surface area contributed by atoms with E-state index in [-0.39, 0.29) is 0 Å². The fraction of sp³-hybridized carbons (Fsp3) is 0.875. The van der Waals surface area contributed by atoms with Gasteiger partial charge in [-0.1, -0.05) is 33.3 Å². The Morgan fingerprint density at radius 2 is 1.75 bits per heavy atom. The average Bonchev–Trinajstić information content (AvgIpc) is 2.16. The number of fused-ring (bicyclic) bond motifs is 2. The molecule has 0 heterocycles. The summed E-state index contributed by atoms with van der Waals surface area (Å²) >= 11 is 0. The first kappa shape index (κ1) is 12.2. The van der Waals surface area contributed by atoms with Crippen LogP contribution in [0.25, 0.3) is 0 Å². The van der Waals surface area contributed by atoms with E-state index in [0.29, 0.717) is 10.8 Å². The van der Waals surface area contributed by atoms with Gasteiger partial charge in [0.2, 0.25) is 0 Å². The van der Waals surface area contributed by atoms with Crippen LogP contribution in [0.5, 0.6) is 0 Å². The lowest BCUT2D eigenvalue weighted by Gasteiger charge is -2.63. The van der Waals surface area contributed by atoms with Gasteiger partial charge in [0.15, 0.2) is 0 Å². The Bertz CT molecular complexity index is 283. The molecule has 0 amide bonds. The second-order valence-electron chi connectivity index (χ2n) is 7.58. The van der Waals surface area contributed by atoms with E-state index < -0.39 is 0 Å². The lowest BCUT2D eigenvalue weighted by Crippen LogP contribution is -2.55. The normalized spacial score (nSPS) is 42.3. The minimum absolute atomic E-state index is 0.585. The van der Waals surface area contributed by atoms with Crippen LogP contribution < -0.4 is 0 Å². The molecule has 16 heavy (non-hydrogen) atoms. The third-order valence-electron chi connectivity index (χ3n) is 5.94. The summed E-state index contributed by atoms with van der Waals surface area (Å²) in [5.74, 6) is 2.79. The van der Waals surface area contributed by atoms with Gasteiger partial charge in [0.1, 0.15) is 0 Å². The standard InChI is InChI=1S/C16H28/c1-11(2)7-12(3)16(6)9-13-8-14(10-16)15(13,4)5/h12-14H,1,7-10H2,2-6H3. The molecule has 0 heteroatoms. The van der Waals surface area contributed by atoms with E-state index in [0.717, 1.165) is 17.8 Å². The molecule has 3 saturated carbocycles. The molecule has 0 aromatic rings. The molecule has 3 aliphatic rings. The first-order valence-electron chi connectivity index (χ1n) is 6.90. The lowest BCUT2D eigenvalue weighted by molar-refractivity contribution is -0.136. The van der Waals surface area contributed by atoms with Crippen molar-refractivity contribution in [3.8, 4) is 0 Å². The molecule has 2 bridgehead atoms. The molecular weight excluding hydrogens is 192 g/mol. The summed E-state index contributed by atoms with van der Waals surface area (Å²) < 4.78 is 0. The van der Waals surface area contributed by atoms with Crippen LogP contribution in [-0.2, 0) is 0 Å². The maximum Gasteiger partial charge on any atom is -0.0291 e. The molecule has 3 aliphatic carbocycles. The smallest absolute Gasteiger partial charge is 0.0291 e. The summed E-state index contributed by atoms with van der Waals surface area (Å²) in [5.41, 5.74) is 2.58. The van der Waals surface area contributed by atoms with Crippen LogP contribution in [0.1, 0.15) is 60.3 Å². The van der Waals surface area contributed by atoms with Crippen molar-refractivity contribution in [3.05, 3.63) is 12.2 Å². The van der Waals surface area contributed by atoms with Crippen LogP contribution in [0.2, 0.25) is 0 Å². The first-order chi connectivity index (χ1) is 7.25. The molecule has 0 nitrogen and oxygen atoms in total. The van der Waals surface area contributed by atoms with Crippen molar-refractivity contribution in [1.29, 1.82) is 0 Å². The zero-order valence-electron chi connectivity index (χ0n) is 11.8. The monoisotopic (exact) mass is 220 g/mol. The highest BCUT2D eigenvalue weighted by atomic mass is 14.6. The molecule has 0 N–H and O–H groups in total. The van der Waals surface area contributed by atoms with Crippen molar-refractivity contribution in [1.82, 2.24) is 0 Å². The molecule has 0 aromatic heterocycles. The zero-order chi connectivity index (χ0) is 12.1. The molecule has 3 fully saturated rings. The summed E-state index contributed by atoms with van der Waals surface area (Å²) in [6.07, 6.45) is 5.62. The van der Waals surface area contributed by atoms with Gasteiger partial charge in [-0.05, 0) is 61.2 Å². The van der Waals surface area contributed by atoms with E-state index in [1.54, 1.807) is 0 Å². The van der Waals surface area contributed by atoms with Gasteiger partial charge in [-0.25, -0.2) is 0 Å². The van der Waals surface area contributed by atoms with Crippen LogP contribution in [0.4, 0.5) is 0 Å². The summed E-state index contributed by atoms with van der Waals surface area (Å²) in [6.45, 7) is 16.2. The Morgan fingerprint density at radius 1 is 1.25 bits per heavy atom. The molecule has 0 aliphatic heterocycles. The molecule has 3 atom stereocenters.